The summed E-state index contributed by atoms with van der Waals surface area (Å²) < 4.78 is 26.8. The topological polar surface area (TPSA) is 83.7 Å². The van der Waals surface area contributed by atoms with Crippen LogP contribution in [0.25, 0.3) is 0 Å². The van der Waals surface area contributed by atoms with Crippen molar-refractivity contribution in [1.29, 1.82) is 0 Å². The molecule has 1 aromatic carbocycles. The molecule has 1 atom stereocenters. The molecule has 0 bridgehead atoms. The first-order valence-electron chi connectivity index (χ1n) is 5.97. The molecule has 1 saturated heterocycles. The molecule has 1 aliphatic rings. The number of rotatable bonds is 3. The van der Waals surface area contributed by atoms with Gasteiger partial charge in [0.15, 0.2) is 0 Å². The summed E-state index contributed by atoms with van der Waals surface area (Å²) in [5.41, 5.74) is -1.47. The van der Waals surface area contributed by atoms with Gasteiger partial charge in [0.1, 0.15) is 5.82 Å². The number of hydrogen-bond acceptors (Lipinski definition) is 4. The van der Waals surface area contributed by atoms with Crippen molar-refractivity contribution in [3.05, 3.63) is 39.4 Å². The van der Waals surface area contributed by atoms with E-state index >= 15 is 0 Å². The molecule has 1 aliphatic heterocycles. The van der Waals surface area contributed by atoms with E-state index in [4.69, 9.17) is 5.11 Å². The van der Waals surface area contributed by atoms with E-state index in [0.717, 1.165) is 0 Å². The fourth-order valence-electron chi connectivity index (χ4n) is 2.18. The van der Waals surface area contributed by atoms with Crippen LogP contribution >= 0.6 is 0 Å². The second-order valence-corrected chi connectivity index (χ2v) is 4.63. The maximum atomic E-state index is 13.6. The van der Waals surface area contributed by atoms with Crippen molar-refractivity contribution >= 4 is 11.6 Å². The minimum absolute atomic E-state index is 0.0857. The van der Waals surface area contributed by atoms with Gasteiger partial charge in [-0.1, -0.05) is 0 Å². The first kappa shape index (κ1) is 14.3. The Kier molecular flexibility index (Phi) is 3.93. The van der Waals surface area contributed by atoms with Crippen molar-refractivity contribution in [2.45, 2.75) is 6.42 Å². The van der Waals surface area contributed by atoms with Gasteiger partial charge in [0, 0.05) is 37.7 Å². The molecule has 0 aliphatic carbocycles. The lowest BCUT2D eigenvalue weighted by Gasteiger charge is -2.16. The number of nitrogens with zero attached hydrogens (tertiary/aromatic N) is 2. The summed E-state index contributed by atoms with van der Waals surface area (Å²) in [5, 5.41) is 19.6. The van der Waals surface area contributed by atoms with E-state index in [1.165, 1.54) is 4.90 Å². The van der Waals surface area contributed by atoms with Crippen molar-refractivity contribution in [2.75, 3.05) is 19.7 Å². The molecule has 1 heterocycles. The normalized spacial score (nSPS) is 18.4. The van der Waals surface area contributed by atoms with Crippen LogP contribution < -0.4 is 0 Å². The van der Waals surface area contributed by atoms with E-state index in [1.807, 2.05) is 0 Å². The molecule has 1 N–H and O–H groups in total. The number of aliphatic hydroxyl groups is 1. The fourth-order valence-corrected chi connectivity index (χ4v) is 2.18. The molecule has 0 radical (unpaired) electrons. The van der Waals surface area contributed by atoms with Crippen molar-refractivity contribution < 1.29 is 23.6 Å². The maximum absolute atomic E-state index is 13.6. The number of halogens is 2. The molecule has 0 saturated carbocycles. The highest BCUT2D eigenvalue weighted by molar-refractivity contribution is 5.95. The average Bonchev–Trinajstić information content (AvgIpc) is 2.86. The van der Waals surface area contributed by atoms with Crippen LogP contribution in [0.3, 0.4) is 0 Å². The molecule has 0 spiro atoms. The summed E-state index contributed by atoms with van der Waals surface area (Å²) >= 11 is 0. The Morgan fingerprint density at radius 3 is 2.70 bits per heavy atom. The molecule has 1 unspecified atom stereocenters. The van der Waals surface area contributed by atoms with E-state index in [0.29, 0.717) is 25.1 Å². The Balaban J connectivity index is 2.30. The van der Waals surface area contributed by atoms with Gasteiger partial charge in [0.05, 0.1) is 10.5 Å². The molecule has 20 heavy (non-hydrogen) atoms. The van der Waals surface area contributed by atoms with E-state index < -0.39 is 33.7 Å². The Hall–Kier alpha value is -2.09. The lowest BCUT2D eigenvalue weighted by Crippen LogP contribution is -2.30. The minimum atomic E-state index is -1.32. The number of carbonyl (C=O) groups is 1. The molecule has 1 aromatic rings. The lowest BCUT2D eigenvalue weighted by atomic mass is 10.1. The zero-order valence-electron chi connectivity index (χ0n) is 10.4. The lowest BCUT2D eigenvalue weighted by molar-refractivity contribution is -0.387. The van der Waals surface area contributed by atoms with E-state index in [9.17, 15) is 23.7 Å². The highest BCUT2D eigenvalue weighted by Gasteiger charge is 2.30. The summed E-state index contributed by atoms with van der Waals surface area (Å²) in [5.74, 6) is -3.27. The summed E-state index contributed by atoms with van der Waals surface area (Å²) in [6.45, 7) is 0.491. The number of aliphatic hydroxyl groups excluding tert-OH is 1. The molecule has 1 amide bonds. The van der Waals surface area contributed by atoms with Crippen LogP contribution in [0.4, 0.5) is 14.5 Å². The molecule has 8 heteroatoms. The van der Waals surface area contributed by atoms with Crippen LogP contribution in [0.5, 0.6) is 0 Å². The third kappa shape index (κ3) is 2.60. The molecular formula is C12H12F2N2O4. The largest absolute Gasteiger partial charge is 0.396 e. The predicted molar refractivity (Wildman–Crippen MR) is 64.1 cm³/mol. The highest BCUT2D eigenvalue weighted by atomic mass is 19.1. The van der Waals surface area contributed by atoms with Crippen molar-refractivity contribution in [1.82, 2.24) is 4.90 Å². The van der Waals surface area contributed by atoms with Crippen LogP contribution in [0, 0.1) is 27.7 Å². The predicted octanol–water partition coefficient (Wildman–Crippen LogP) is 1.33. The van der Waals surface area contributed by atoms with Gasteiger partial charge in [0.2, 0.25) is 5.82 Å². The molecule has 1 fully saturated rings. The van der Waals surface area contributed by atoms with Crippen molar-refractivity contribution in [2.24, 2.45) is 5.92 Å². The summed E-state index contributed by atoms with van der Waals surface area (Å²) in [6.07, 6.45) is 0.577. The average molecular weight is 286 g/mol. The zero-order valence-corrected chi connectivity index (χ0v) is 10.4. The van der Waals surface area contributed by atoms with Crippen molar-refractivity contribution in [3.63, 3.8) is 0 Å². The van der Waals surface area contributed by atoms with Gasteiger partial charge in [-0.3, -0.25) is 14.9 Å². The molecular weight excluding hydrogens is 274 g/mol. The van der Waals surface area contributed by atoms with Gasteiger partial charge in [0.25, 0.3) is 5.91 Å². The van der Waals surface area contributed by atoms with Crippen LogP contribution in [-0.2, 0) is 0 Å². The Labute approximate surface area is 112 Å². The first-order valence-corrected chi connectivity index (χ1v) is 5.97. The van der Waals surface area contributed by atoms with Gasteiger partial charge in [-0.15, -0.1) is 0 Å². The minimum Gasteiger partial charge on any atom is -0.396 e. The highest BCUT2D eigenvalue weighted by Crippen LogP contribution is 2.25. The van der Waals surface area contributed by atoms with Crippen LogP contribution in [0.15, 0.2) is 12.1 Å². The number of nitro benzene ring substituents is 1. The Bertz CT molecular complexity index is 565. The fraction of sp³-hybridized carbons (Fsp3) is 0.417. The third-order valence-corrected chi connectivity index (χ3v) is 3.29. The second-order valence-electron chi connectivity index (χ2n) is 4.63. The van der Waals surface area contributed by atoms with E-state index in [1.54, 1.807) is 0 Å². The quantitative estimate of drug-likeness (QED) is 0.671. The first-order chi connectivity index (χ1) is 9.43. The summed E-state index contributed by atoms with van der Waals surface area (Å²) in [4.78, 5) is 23.0. The third-order valence-electron chi connectivity index (χ3n) is 3.29. The summed E-state index contributed by atoms with van der Waals surface area (Å²) in [7, 11) is 0. The van der Waals surface area contributed by atoms with E-state index in [-0.39, 0.29) is 19.1 Å². The number of benzene rings is 1. The number of nitro groups is 1. The van der Waals surface area contributed by atoms with Gasteiger partial charge in [-0.05, 0) is 6.42 Å². The van der Waals surface area contributed by atoms with Gasteiger partial charge in [-0.2, -0.15) is 4.39 Å². The molecule has 0 aromatic heterocycles. The number of hydrogen-bond donors (Lipinski definition) is 1. The molecule has 6 nitrogen and oxygen atoms in total. The van der Waals surface area contributed by atoms with Crippen molar-refractivity contribution in [3.8, 4) is 0 Å². The Morgan fingerprint density at radius 1 is 1.45 bits per heavy atom. The van der Waals surface area contributed by atoms with Gasteiger partial charge < -0.3 is 10.0 Å². The monoisotopic (exact) mass is 286 g/mol. The second kappa shape index (κ2) is 5.49. The van der Waals surface area contributed by atoms with Crippen LogP contribution in [-0.4, -0.2) is 40.5 Å². The van der Waals surface area contributed by atoms with Crippen LogP contribution in [0.1, 0.15) is 16.8 Å². The SMILES string of the molecule is O=C(c1cc([N+](=O)[O-])c(F)cc1F)N1CCC(CO)C1. The summed E-state index contributed by atoms with van der Waals surface area (Å²) in [6, 6.07) is 0.949. The number of carbonyl (C=O) groups excluding carboxylic acids is 1. The maximum Gasteiger partial charge on any atom is 0.305 e. The van der Waals surface area contributed by atoms with Crippen LogP contribution in [0.2, 0.25) is 0 Å². The smallest absolute Gasteiger partial charge is 0.305 e. The number of amides is 1. The van der Waals surface area contributed by atoms with E-state index in [2.05, 4.69) is 0 Å². The Morgan fingerprint density at radius 2 is 2.15 bits per heavy atom. The van der Waals surface area contributed by atoms with Gasteiger partial charge >= 0.3 is 5.69 Å². The molecule has 108 valence electrons. The molecule has 2 rings (SSSR count). The van der Waals surface area contributed by atoms with Gasteiger partial charge in [-0.25, -0.2) is 4.39 Å². The number of likely N-dealkylation sites (tertiary alicyclic amines) is 1. The standard InChI is InChI=1S/C12H12F2N2O4/c13-9-4-10(14)11(16(19)20)3-8(9)12(18)15-2-1-7(5-15)6-17/h3-4,7,17H,1-2,5-6H2. The zero-order chi connectivity index (χ0) is 14.9.